The van der Waals surface area contributed by atoms with Crippen molar-refractivity contribution in [1.82, 2.24) is 0 Å². The molecule has 10 nitrogen and oxygen atoms in total. The molecule has 1 fully saturated rings. The Kier molecular flexibility index (Phi) is 14.6. The van der Waals surface area contributed by atoms with E-state index in [1.54, 1.807) is 0 Å². The third-order valence-electron chi connectivity index (χ3n) is 7.19. The minimum absolute atomic E-state index is 0.0153. The van der Waals surface area contributed by atoms with E-state index in [4.69, 9.17) is 9.47 Å². The number of carbonyl (C=O) groups is 2. The predicted molar refractivity (Wildman–Crippen MR) is 144 cm³/mol. The van der Waals surface area contributed by atoms with Gasteiger partial charge in [0, 0.05) is 6.07 Å². The Bertz CT molecular complexity index is 889. The predicted octanol–water partition coefficient (Wildman–Crippen LogP) is 4.08. The Morgan fingerprint density at radius 2 is 1.36 bits per heavy atom. The second-order valence-electron chi connectivity index (χ2n) is 10.3. The average Bonchev–Trinajstić information content (AvgIpc) is 2.90. The van der Waals surface area contributed by atoms with Crippen LogP contribution in [0.25, 0.3) is 0 Å². The molecule has 0 spiro atoms. The van der Waals surface area contributed by atoms with Crippen molar-refractivity contribution in [3.05, 3.63) is 23.3 Å². The molecule has 10 heteroatoms. The SMILES string of the molecule is CCCCCCCCCCCCCCCc1cc(OC2OC(C(=O)OC)C(O)C(O)C2O)cc(O)c1C(=O)O. The van der Waals surface area contributed by atoms with Gasteiger partial charge in [-0.15, -0.1) is 0 Å². The number of aliphatic hydroxyl groups is 3. The van der Waals surface area contributed by atoms with Crippen LogP contribution in [-0.2, 0) is 20.7 Å². The number of carboxylic acids is 1. The zero-order valence-electron chi connectivity index (χ0n) is 23.2. The van der Waals surface area contributed by atoms with Crippen LogP contribution < -0.4 is 4.74 Å². The summed E-state index contributed by atoms with van der Waals surface area (Å²) in [6.07, 6.45) is 7.41. The van der Waals surface area contributed by atoms with Crippen LogP contribution in [0.2, 0.25) is 0 Å². The van der Waals surface area contributed by atoms with Crippen LogP contribution in [0.4, 0.5) is 0 Å². The van der Waals surface area contributed by atoms with E-state index in [1.165, 1.54) is 63.9 Å². The van der Waals surface area contributed by atoms with Crippen LogP contribution in [0.1, 0.15) is 106 Å². The number of carboxylic acid groups (broad SMARTS) is 1. The summed E-state index contributed by atoms with van der Waals surface area (Å²) in [7, 11) is 1.08. The summed E-state index contributed by atoms with van der Waals surface area (Å²) < 4.78 is 15.5. The maximum atomic E-state index is 11.9. The Morgan fingerprint density at radius 1 is 0.821 bits per heavy atom. The molecule has 0 saturated carbocycles. The second kappa shape index (κ2) is 17.3. The maximum Gasteiger partial charge on any atom is 0.339 e. The monoisotopic (exact) mass is 554 g/mol. The van der Waals surface area contributed by atoms with Crippen molar-refractivity contribution >= 4 is 11.9 Å². The smallest absolute Gasteiger partial charge is 0.339 e. The number of phenols is 1. The summed E-state index contributed by atoms with van der Waals surface area (Å²) in [5.41, 5.74) is 0.130. The molecule has 222 valence electrons. The summed E-state index contributed by atoms with van der Waals surface area (Å²) in [6, 6.07) is 2.50. The van der Waals surface area contributed by atoms with Crippen molar-refractivity contribution in [3.8, 4) is 11.5 Å². The fourth-order valence-corrected chi connectivity index (χ4v) is 4.89. The summed E-state index contributed by atoms with van der Waals surface area (Å²) in [4.78, 5) is 23.7. The minimum Gasteiger partial charge on any atom is -0.507 e. The van der Waals surface area contributed by atoms with Gasteiger partial charge in [-0.1, -0.05) is 84.0 Å². The fraction of sp³-hybridized carbons (Fsp3) is 0.724. The molecule has 1 aliphatic heterocycles. The molecular weight excluding hydrogens is 508 g/mol. The van der Waals surface area contributed by atoms with E-state index in [1.807, 2.05) is 0 Å². The van der Waals surface area contributed by atoms with Gasteiger partial charge in [0.2, 0.25) is 6.29 Å². The molecule has 2 rings (SSSR count). The number of ether oxygens (including phenoxy) is 3. The molecule has 1 aliphatic rings. The van der Waals surface area contributed by atoms with Gasteiger partial charge in [0.25, 0.3) is 0 Å². The van der Waals surface area contributed by atoms with Gasteiger partial charge in [-0.25, -0.2) is 9.59 Å². The summed E-state index contributed by atoms with van der Waals surface area (Å²) in [6.45, 7) is 2.23. The van der Waals surface area contributed by atoms with Crippen molar-refractivity contribution in [3.63, 3.8) is 0 Å². The summed E-state index contributed by atoms with van der Waals surface area (Å²) >= 11 is 0. The van der Waals surface area contributed by atoms with Crippen LogP contribution in [-0.4, -0.2) is 75.3 Å². The highest BCUT2D eigenvalue weighted by molar-refractivity contribution is 5.93. The fourth-order valence-electron chi connectivity index (χ4n) is 4.89. The number of aromatic hydroxyl groups is 1. The Balaban J connectivity index is 1.88. The Hall–Kier alpha value is -2.40. The topological polar surface area (TPSA) is 163 Å². The van der Waals surface area contributed by atoms with Gasteiger partial charge < -0.3 is 39.7 Å². The van der Waals surface area contributed by atoms with Gasteiger partial charge in [-0.2, -0.15) is 0 Å². The first-order chi connectivity index (χ1) is 18.7. The number of aryl methyl sites for hydroxylation is 1. The lowest BCUT2D eigenvalue weighted by atomic mass is 9.98. The van der Waals surface area contributed by atoms with Crippen molar-refractivity contribution in [2.24, 2.45) is 0 Å². The van der Waals surface area contributed by atoms with Crippen LogP contribution >= 0.6 is 0 Å². The molecule has 1 aromatic rings. The lowest BCUT2D eigenvalue weighted by Gasteiger charge is -2.38. The molecule has 0 bridgehead atoms. The van der Waals surface area contributed by atoms with E-state index in [9.17, 15) is 35.1 Å². The number of rotatable bonds is 18. The van der Waals surface area contributed by atoms with Crippen LogP contribution in [0.5, 0.6) is 11.5 Å². The quantitative estimate of drug-likeness (QED) is 0.132. The number of methoxy groups -OCH3 is 1. The standard InChI is InChI=1S/C29H46O10/c1-3-4-5-6-7-8-9-10-11-12-13-14-15-16-19-17-20(18-21(30)22(19)27(34)35)38-29-25(33)23(31)24(32)26(39-29)28(36)37-2/h17-18,23-26,29-33H,3-16H2,1-2H3,(H,34,35). The Morgan fingerprint density at radius 3 is 1.87 bits per heavy atom. The van der Waals surface area contributed by atoms with E-state index in [-0.39, 0.29) is 11.3 Å². The second-order valence-corrected chi connectivity index (χ2v) is 10.3. The Labute approximate surface area is 230 Å². The number of benzene rings is 1. The van der Waals surface area contributed by atoms with Gasteiger partial charge in [0.1, 0.15) is 35.4 Å². The van der Waals surface area contributed by atoms with E-state index < -0.39 is 48.4 Å². The van der Waals surface area contributed by atoms with Crippen LogP contribution in [0, 0.1) is 0 Å². The van der Waals surface area contributed by atoms with Gasteiger partial charge >= 0.3 is 11.9 Å². The van der Waals surface area contributed by atoms with Gasteiger partial charge in [0.05, 0.1) is 7.11 Å². The van der Waals surface area contributed by atoms with Crippen molar-refractivity contribution < 1.29 is 49.3 Å². The number of esters is 1. The molecular formula is C29H46O10. The third kappa shape index (κ3) is 10.3. The van der Waals surface area contributed by atoms with E-state index in [2.05, 4.69) is 11.7 Å². The molecule has 5 unspecified atom stereocenters. The van der Waals surface area contributed by atoms with E-state index in [0.717, 1.165) is 38.9 Å². The van der Waals surface area contributed by atoms with E-state index in [0.29, 0.717) is 12.0 Å². The minimum atomic E-state index is -1.76. The number of hydrogen-bond donors (Lipinski definition) is 5. The molecule has 1 heterocycles. The molecule has 0 aromatic heterocycles. The van der Waals surface area contributed by atoms with Gasteiger partial charge in [-0.3, -0.25) is 0 Å². The first-order valence-corrected chi connectivity index (χ1v) is 14.2. The first-order valence-electron chi connectivity index (χ1n) is 14.2. The molecule has 39 heavy (non-hydrogen) atoms. The lowest BCUT2D eigenvalue weighted by Crippen LogP contribution is -2.61. The molecule has 0 amide bonds. The molecule has 0 aliphatic carbocycles. The van der Waals surface area contributed by atoms with Crippen molar-refractivity contribution in [1.29, 1.82) is 0 Å². The van der Waals surface area contributed by atoms with Crippen molar-refractivity contribution in [2.75, 3.05) is 7.11 Å². The third-order valence-corrected chi connectivity index (χ3v) is 7.19. The molecule has 5 N–H and O–H groups in total. The zero-order chi connectivity index (χ0) is 28.8. The van der Waals surface area contributed by atoms with Crippen molar-refractivity contribution in [2.45, 2.75) is 128 Å². The highest BCUT2D eigenvalue weighted by Crippen LogP contribution is 2.32. The molecule has 1 aromatic carbocycles. The highest BCUT2D eigenvalue weighted by atomic mass is 16.7. The number of unbranched alkanes of at least 4 members (excludes halogenated alkanes) is 12. The number of aromatic carboxylic acids is 1. The van der Waals surface area contributed by atoms with Gasteiger partial charge in [-0.05, 0) is 24.5 Å². The zero-order valence-corrected chi connectivity index (χ0v) is 23.2. The summed E-state index contributed by atoms with van der Waals surface area (Å²) in [5, 5.41) is 50.4. The number of hydrogen-bond acceptors (Lipinski definition) is 9. The van der Waals surface area contributed by atoms with Crippen LogP contribution in [0.3, 0.4) is 0 Å². The van der Waals surface area contributed by atoms with Crippen LogP contribution in [0.15, 0.2) is 12.1 Å². The lowest BCUT2D eigenvalue weighted by molar-refractivity contribution is -0.271. The largest absolute Gasteiger partial charge is 0.507 e. The number of carbonyl (C=O) groups excluding carboxylic acids is 1. The molecule has 0 radical (unpaired) electrons. The molecule has 1 saturated heterocycles. The first kappa shape index (κ1) is 32.8. The highest BCUT2D eigenvalue weighted by Gasteiger charge is 2.48. The van der Waals surface area contributed by atoms with E-state index >= 15 is 0 Å². The normalized spacial score (nSPS) is 22.9. The maximum absolute atomic E-state index is 11.9. The van der Waals surface area contributed by atoms with Gasteiger partial charge in [0.15, 0.2) is 6.10 Å². The summed E-state index contributed by atoms with van der Waals surface area (Å²) in [5.74, 6) is -2.77. The number of aliphatic hydroxyl groups excluding tert-OH is 3. The average molecular weight is 555 g/mol. The molecule has 5 atom stereocenters.